The summed E-state index contributed by atoms with van der Waals surface area (Å²) in [5.74, 6) is 0. The van der Waals surface area contributed by atoms with Crippen LogP contribution in [0.5, 0.6) is 0 Å². The highest BCUT2D eigenvalue weighted by molar-refractivity contribution is 6.69. The number of halogens is 1. The summed E-state index contributed by atoms with van der Waals surface area (Å²) in [6.07, 6.45) is 4.88. The van der Waals surface area contributed by atoms with E-state index in [4.69, 9.17) is 24.9 Å². The second kappa shape index (κ2) is 8.88. The Hall–Kier alpha value is -0.393. The number of alkyl halides is 1. The molecule has 0 amide bonds. The summed E-state index contributed by atoms with van der Waals surface area (Å²) in [6.45, 7) is 11.7. The summed E-state index contributed by atoms with van der Waals surface area (Å²) >= 11 is 5.82. The van der Waals surface area contributed by atoms with Crippen molar-refractivity contribution in [2.24, 2.45) is 0 Å². The highest BCUT2D eigenvalue weighted by atomic mass is 35.5. The molecule has 0 spiro atoms. The molecule has 0 aliphatic carbocycles. The van der Waals surface area contributed by atoms with Crippen LogP contribution in [0.3, 0.4) is 0 Å². The molecule has 3 nitrogen and oxygen atoms in total. The van der Waals surface area contributed by atoms with Gasteiger partial charge >= 0.3 is 8.80 Å². The van der Waals surface area contributed by atoms with Gasteiger partial charge in [0.15, 0.2) is 0 Å². The van der Waals surface area contributed by atoms with Crippen molar-refractivity contribution in [3.63, 3.8) is 0 Å². The van der Waals surface area contributed by atoms with E-state index in [2.05, 4.69) is 19.7 Å². The predicted molar refractivity (Wildman–Crippen MR) is 64.9 cm³/mol. The van der Waals surface area contributed by atoms with Crippen LogP contribution >= 0.6 is 11.6 Å². The molecule has 0 saturated carbocycles. The van der Waals surface area contributed by atoms with Gasteiger partial charge in [0.1, 0.15) is 0 Å². The first kappa shape index (κ1) is 14.6. The molecular formula is C10H17ClO3Si. The maximum Gasteiger partial charge on any atom is 0.517 e. The van der Waals surface area contributed by atoms with E-state index >= 15 is 0 Å². The van der Waals surface area contributed by atoms with Gasteiger partial charge in [0.25, 0.3) is 0 Å². The topological polar surface area (TPSA) is 27.7 Å². The van der Waals surface area contributed by atoms with Gasteiger partial charge in [-0.25, -0.2) is 0 Å². The zero-order valence-electron chi connectivity index (χ0n) is 8.78. The van der Waals surface area contributed by atoms with Crippen LogP contribution in [-0.4, -0.2) is 34.1 Å². The van der Waals surface area contributed by atoms with Crippen LogP contribution in [0.1, 0.15) is 0 Å². The maximum absolute atomic E-state index is 5.82. The second-order valence-electron chi connectivity index (χ2n) is 2.62. The first-order valence-electron chi connectivity index (χ1n) is 4.55. The molecule has 0 rings (SSSR count). The molecule has 0 N–H and O–H groups in total. The monoisotopic (exact) mass is 248 g/mol. The van der Waals surface area contributed by atoms with Crippen molar-refractivity contribution in [2.45, 2.75) is 0 Å². The van der Waals surface area contributed by atoms with Crippen molar-refractivity contribution in [3.8, 4) is 0 Å². The fourth-order valence-corrected chi connectivity index (χ4v) is 3.09. The molecule has 0 heterocycles. The van der Waals surface area contributed by atoms with Crippen molar-refractivity contribution in [2.75, 3.05) is 25.3 Å². The molecule has 0 unspecified atom stereocenters. The lowest BCUT2D eigenvalue weighted by Crippen LogP contribution is -2.48. The molecule has 0 aromatic heterocycles. The van der Waals surface area contributed by atoms with E-state index in [0.717, 1.165) is 0 Å². The van der Waals surface area contributed by atoms with Gasteiger partial charge in [-0.15, -0.1) is 31.3 Å². The number of hydrogen-bond acceptors (Lipinski definition) is 3. The van der Waals surface area contributed by atoms with Crippen molar-refractivity contribution in [1.29, 1.82) is 0 Å². The van der Waals surface area contributed by atoms with Gasteiger partial charge in [-0.2, -0.15) is 0 Å². The van der Waals surface area contributed by atoms with Crippen molar-refractivity contribution in [3.05, 3.63) is 38.0 Å². The average molecular weight is 249 g/mol. The van der Waals surface area contributed by atoms with Crippen molar-refractivity contribution >= 4 is 20.4 Å². The fraction of sp³-hybridized carbons (Fsp3) is 0.400. The SMILES string of the molecule is C=CCO[Si](CCl)(OCC=C)OCC=C. The highest BCUT2D eigenvalue weighted by Crippen LogP contribution is 2.12. The van der Waals surface area contributed by atoms with Gasteiger partial charge < -0.3 is 13.3 Å². The predicted octanol–water partition coefficient (Wildman–Crippen LogP) is 2.31. The van der Waals surface area contributed by atoms with E-state index in [0.29, 0.717) is 19.8 Å². The van der Waals surface area contributed by atoms with E-state index in [-0.39, 0.29) is 5.50 Å². The van der Waals surface area contributed by atoms with Crippen molar-refractivity contribution < 1.29 is 13.3 Å². The first-order chi connectivity index (χ1) is 7.24. The Balaban J connectivity index is 4.34. The molecule has 0 bridgehead atoms. The molecule has 86 valence electrons. The molecule has 5 heteroatoms. The molecule has 0 aromatic carbocycles. The Bertz CT molecular complexity index is 178. The Labute approximate surface area is 97.3 Å². The summed E-state index contributed by atoms with van der Waals surface area (Å²) in [5, 5.41) is 0. The van der Waals surface area contributed by atoms with Crippen LogP contribution in [0.25, 0.3) is 0 Å². The van der Waals surface area contributed by atoms with E-state index in [1.165, 1.54) is 0 Å². The van der Waals surface area contributed by atoms with Gasteiger partial charge in [-0.3, -0.25) is 0 Å². The van der Waals surface area contributed by atoms with Gasteiger partial charge in [0, 0.05) is 0 Å². The highest BCUT2D eigenvalue weighted by Gasteiger charge is 2.39. The Kier molecular flexibility index (Phi) is 8.65. The van der Waals surface area contributed by atoms with Crippen LogP contribution in [0.2, 0.25) is 0 Å². The van der Waals surface area contributed by atoms with E-state index < -0.39 is 8.80 Å². The molecular weight excluding hydrogens is 232 g/mol. The molecule has 0 aliphatic rings. The quantitative estimate of drug-likeness (QED) is 0.337. The standard InChI is InChI=1S/C10H17ClO3Si/c1-4-7-12-15(10-11,13-8-5-2)14-9-6-3/h4-6H,1-3,7-10H2. The summed E-state index contributed by atoms with van der Waals surface area (Å²) in [6, 6.07) is 0. The van der Waals surface area contributed by atoms with E-state index in [9.17, 15) is 0 Å². The normalized spacial score (nSPS) is 11.0. The largest absolute Gasteiger partial charge is 0.517 e. The number of rotatable bonds is 10. The third-order valence-electron chi connectivity index (χ3n) is 1.43. The summed E-state index contributed by atoms with van der Waals surface area (Å²) in [7, 11) is -2.78. The van der Waals surface area contributed by atoms with Gasteiger partial charge in [0.05, 0.1) is 25.3 Å². The van der Waals surface area contributed by atoms with Gasteiger partial charge in [0.2, 0.25) is 0 Å². The average Bonchev–Trinajstić information content (AvgIpc) is 2.29. The Morgan fingerprint density at radius 1 is 0.867 bits per heavy atom. The minimum atomic E-state index is -2.78. The molecule has 15 heavy (non-hydrogen) atoms. The summed E-state index contributed by atoms with van der Waals surface area (Å²) in [4.78, 5) is 0. The van der Waals surface area contributed by atoms with Gasteiger partial charge in [-0.1, -0.05) is 18.2 Å². The molecule has 0 aromatic rings. The van der Waals surface area contributed by atoms with E-state index in [1.54, 1.807) is 18.2 Å². The Morgan fingerprint density at radius 3 is 1.40 bits per heavy atom. The van der Waals surface area contributed by atoms with E-state index in [1.807, 2.05) is 0 Å². The van der Waals surface area contributed by atoms with Crippen LogP contribution in [-0.2, 0) is 13.3 Å². The molecule has 0 aliphatic heterocycles. The summed E-state index contributed by atoms with van der Waals surface area (Å²) in [5.41, 5.74) is 0.197. The third-order valence-corrected chi connectivity index (χ3v) is 4.56. The van der Waals surface area contributed by atoms with Crippen LogP contribution in [0.4, 0.5) is 0 Å². The van der Waals surface area contributed by atoms with Crippen LogP contribution < -0.4 is 0 Å². The van der Waals surface area contributed by atoms with Crippen molar-refractivity contribution in [1.82, 2.24) is 0 Å². The van der Waals surface area contributed by atoms with Crippen LogP contribution in [0.15, 0.2) is 38.0 Å². The molecule has 0 fully saturated rings. The zero-order valence-corrected chi connectivity index (χ0v) is 10.5. The molecule has 0 saturated heterocycles. The zero-order chi connectivity index (χ0) is 11.6. The lowest BCUT2D eigenvalue weighted by molar-refractivity contribution is 0.0919. The van der Waals surface area contributed by atoms with Crippen LogP contribution in [0, 0.1) is 0 Å². The molecule has 0 atom stereocenters. The number of hydrogen-bond donors (Lipinski definition) is 0. The Morgan fingerprint density at radius 2 is 1.20 bits per heavy atom. The minimum Gasteiger partial charge on any atom is -0.369 e. The molecule has 0 radical (unpaired) electrons. The van der Waals surface area contributed by atoms with Gasteiger partial charge in [-0.05, 0) is 0 Å². The smallest absolute Gasteiger partial charge is 0.369 e. The third kappa shape index (κ3) is 5.91. The minimum absolute atomic E-state index is 0.197. The maximum atomic E-state index is 5.82. The fourth-order valence-electron chi connectivity index (χ4n) is 0.798. The lowest BCUT2D eigenvalue weighted by atomic mass is 10.7. The summed E-state index contributed by atoms with van der Waals surface area (Å²) < 4.78 is 16.4. The first-order valence-corrected chi connectivity index (χ1v) is 7.02. The lowest BCUT2D eigenvalue weighted by Gasteiger charge is -2.26. The second-order valence-corrected chi connectivity index (χ2v) is 5.92.